The van der Waals surface area contributed by atoms with Crippen molar-refractivity contribution < 1.29 is 4.57 Å². The van der Waals surface area contributed by atoms with Crippen molar-refractivity contribution >= 4 is 33.4 Å². The Kier molecular flexibility index (Phi) is 3.96. The van der Waals surface area contributed by atoms with Crippen molar-refractivity contribution in [1.82, 2.24) is 4.98 Å². The Labute approximate surface area is 153 Å². The molecule has 0 aliphatic rings. The number of para-hydroxylation sites is 1. The van der Waals surface area contributed by atoms with Crippen LogP contribution in [0.2, 0.25) is 0 Å². The Morgan fingerprint density at radius 2 is 1.23 bits per heavy atom. The van der Waals surface area contributed by atoms with Gasteiger partial charge in [-0.15, -0.1) is 4.57 Å². The van der Waals surface area contributed by atoms with Gasteiger partial charge in [-0.1, -0.05) is 18.2 Å². The minimum absolute atomic E-state index is 0.995. The highest BCUT2D eigenvalue weighted by molar-refractivity contribution is 5.87. The summed E-state index contributed by atoms with van der Waals surface area (Å²) in [6.45, 7) is 4.22. The van der Waals surface area contributed by atoms with Crippen LogP contribution in [0.4, 0.5) is 11.4 Å². The summed E-state index contributed by atoms with van der Waals surface area (Å²) >= 11 is 0. The molecule has 26 heavy (non-hydrogen) atoms. The molecule has 1 aromatic heterocycles. The third kappa shape index (κ3) is 2.54. The Morgan fingerprint density at radius 1 is 0.731 bits per heavy atom. The molecule has 0 aliphatic heterocycles. The average molecular weight is 343 g/mol. The quantitative estimate of drug-likeness (QED) is 0.429. The molecule has 0 amide bonds. The highest BCUT2D eigenvalue weighted by atomic mass is 15.0. The molecule has 4 heteroatoms. The fraction of sp³-hybridized carbons (Fsp3) is 0.182. The molecule has 0 saturated carbocycles. The first-order valence-electron chi connectivity index (χ1n) is 8.84. The van der Waals surface area contributed by atoms with Crippen molar-refractivity contribution in [3.63, 3.8) is 0 Å². The number of fused-ring (bicyclic) bond motifs is 2. The Bertz CT molecular complexity index is 1050. The molecule has 0 fully saturated rings. The second-order valence-corrected chi connectivity index (χ2v) is 6.59. The van der Waals surface area contributed by atoms with E-state index >= 15 is 0 Å². The van der Waals surface area contributed by atoms with Gasteiger partial charge in [0, 0.05) is 49.7 Å². The van der Waals surface area contributed by atoms with Crippen molar-refractivity contribution in [2.45, 2.75) is 13.8 Å². The first-order valence-corrected chi connectivity index (χ1v) is 8.84. The summed E-state index contributed by atoms with van der Waals surface area (Å²) in [5.74, 6) is 0. The number of benzene rings is 3. The molecule has 0 atom stereocenters. The van der Waals surface area contributed by atoms with Crippen molar-refractivity contribution in [3.05, 3.63) is 65.7 Å². The van der Waals surface area contributed by atoms with Crippen LogP contribution in [0.3, 0.4) is 0 Å². The zero-order valence-electron chi connectivity index (χ0n) is 15.6. The lowest BCUT2D eigenvalue weighted by molar-refractivity contribution is -0.538. The summed E-state index contributed by atoms with van der Waals surface area (Å²) in [5.41, 5.74) is 9.90. The van der Waals surface area contributed by atoms with Gasteiger partial charge < -0.3 is 10.6 Å². The van der Waals surface area contributed by atoms with Gasteiger partial charge in [-0.05, 0) is 37.1 Å². The number of hydrogen-bond acceptors (Lipinski definition) is 3. The molecular weight excluding hydrogens is 320 g/mol. The van der Waals surface area contributed by atoms with Gasteiger partial charge in [0.1, 0.15) is 11.0 Å². The topological polar surface area (TPSA) is 40.8 Å². The van der Waals surface area contributed by atoms with E-state index < -0.39 is 0 Å². The lowest BCUT2D eigenvalue weighted by Gasteiger charge is -2.11. The van der Waals surface area contributed by atoms with Crippen LogP contribution in [0.25, 0.3) is 27.8 Å². The van der Waals surface area contributed by atoms with Crippen molar-refractivity contribution in [2.75, 3.05) is 24.7 Å². The van der Waals surface area contributed by atoms with E-state index in [0.717, 1.165) is 39.1 Å². The molecule has 130 valence electrons. The molecule has 1 heterocycles. The monoisotopic (exact) mass is 343 g/mol. The van der Waals surface area contributed by atoms with E-state index in [1.165, 1.54) is 11.1 Å². The summed E-state index contributed by atoms with van der Waals surface area (Å²) in [6, 6.07) is 19.1. The second kappa shape index (κ2) is 6.30. The standard InChI is InChI=1S/C22H22N4/c1-14-10-19-21(12-17(14)23-3)26(16-8-6-5-7-9-16)22-13-18(24-4)15(2)11-20(22)25-19/h5-13H,1-4H3,(H,23,24)/p+1. The Balaban J connectivity index is 2.21. The third-order valence-electron chi connectivity index (χ3n) is 4.92. The predicted molar refractivity (Wildman–Crippen MR) is 109 cm³/mol. The van der Waals surface area contributed by atoms with Gasteiger partial charge in [0.15, 0.2) is 0 Å². The van der Waals surface area contributed by atoms with Crippen LogP contribution < -0.4 is 15.2 Å². The maximum Gasteiger partial charge on any atom is 0.239 e. The molecule has 0 saturated heterocycles. The maximum absolute atomic E-state index is 4.96. The predicted octanol–water partition coefficient (Wildman–Crippen LogP) is 4.36. The normalized spacial score (nSPS) is 11.1. The molecule has 0 aliphatic carbocycles. The molecule has 4 nitrogen and oxygen atoms in total. The van der Waals surface area contributed by atoms with Crippen LogP contribution in [0.5, 0.6) is 0 Å². The van der Waals surface area contributed by atoms with Crippen LogP contribution in [0.1, 0.15) is 11.1 Å². The lowest BCUT2D eigenvalue weighted by Crippen LogP contribution is -2.33. The number of rotatable bonds is 3. The summed E-state index contributed by atoms with van der Waals surface area (Å²) in [7, 11) is 3.91. The van der Waals surface area contributed by atoms with E-state index in [4.69, 9.17) is 4.98 Å². The lowest BCUT2D eigenvalue weighted by atomic mass is 10.1. The number of hydrogen-bond donors (Lipinski definition) is 2. The maximum atomic E-state index is 4.96. The number of nitrogens with one attached hydrogen (secondary N) is 2. The van der Waals surface area contributed by atoms with Crippen LogP contribution >= 0.6 is 0 Å². The number of nitrogens with zero attached hydrogens (tertiary/aromatic N) is 2. The van der Waals surface area contributed by atoms with Crippen LogP contribution in [0, 0.1) is 13.8 Å². The molecule has 0 bridgehead atoms. The Morgan fingerprint density at radius 3 is 1.69 bits per heavy atom. The van der Waals surface area contributed by atoms with Crippen molar-refractivity contribution in [1.29, 1.82) is 0 Å². The third-order valence-corrected chi connectivity index (χ3v) is 4.92. The molecule has 0 radical (unpaired) electrons. The fourth-order valence-electron chi connectivity index (χ4n) is 3.55. The van der Waals surface area contributed by atoms with Crippen LogP contribution in [0.15, 0.2) is 54.6 Å². The van der Waals surface area contributed by atoms with Gasteiger partial charge in [0.05, 0.1) is 0 Å². The molecular formula is C22H23N4+. The highest BCUT2D eigenvalue weighted by Gasteiger charge is 2.21. The van der Waals surface area contributed by atoms with Gasteiger partial charge in [-0.2, -0.15) is 0 Å². The van der Waals surface area contributed by atoms with E-state index in [-0.39, 0.29) is 0 Å². The summed E-state index contributed by atoms with van der Waals surface area (Å²) < 4.78 is 2.29. The molecule has 0 unspecified atom stereocenters. The molecule has 4 aromatic rings. The SMILES string of the molecule is CNc1cc2c(cc1C)nc1cc(C)c(NC)cc1[n+]2-c1ccccc1. The summed E-state index contributed by atoms with van der Waals surface area (Å²) in [6.07, 6.45) is 0. The van der Waals surface area contributed by atoms with E-state index in [1.54, 1.807) is 0 Å². The van der Waals surface area contributed by atoms with E-state index in [2.05, 4.69) is 77.6 Å². The van der Waals surface area contributed by atoms with Gasteiger partial charge >= 0.3 is 0 Å². The smallest absolute Gasteiger partial charge is 0.239 e. The van der Waals surface area contributed by atoms with Crippen LogP contribution in [-0.4, -0.2) is 19.1 Å². The first-order chi connectivity index (χ1) is 12.6. The number of aryl methyl sites for hydroxylation is 2. The zero-order valence-corrected chi connectivity index (χ0v) is 15.6. The van der Waals surface area contributed by atoms with E-state index in [0.29, 0.717) is 0 Å². The zero-order chi connectivity index (χ0) is 18.3. The minimum Gasteiger partial charge on any atom is -0.388 e. The van der Waals surface area contributed by atoms with Crippen molar-refractivity contribution in [2.24, 2.45) is 0 Å². The Hall–Kier alpha value is -3.14. The van der Waals surface area contributed by atoms with E-state index in [1.807, 2.05) is 20.2 Å². The summed E-state index contributed by atoms with van der Waals surface area (Å²) in [5, 5.41) is 6.58. The van der Waals surface area contributed by atoms with Gasteiger partial charge in [0.2, 0.25) is 16.7 Å². The average Bonchev–Trinajstić information content (AvgIpc) is 2.66. The van der Waals surface area contributed by atoms with Crippen LogP contribution in [-0.2, 0) is 0 Å². The summed E-state index contributed by atoms with van der Waals surface area (Å²) in [4.78, 5) is 4.96. The second-order valence-electron chi connectivity index (χ2n) is 6.59. The minimum atomic E-state index is 0.995. The molecule has 2 N–H and O–H groups in total. The first kappa shape index (κ1) is 16.3. The molecule has 4 rings (SSSR count). The fourth-order valence-corrected chi connectivity index (χ4v) is 3.55. The highest BCUT2D eigenvalue weighted by Crippen LogP contribution is 2.26. The van der Waals surface area contributed by atoms with Gasteiger partial charge in [-0.25, -0.2) is 4.98 Å². The van der Waals surface area contributed by atoms with Gasteiger partial charge in [0.25, 0.3) is 0 Å². The largest absolute Gasteiger partial charge is 0.388 e. The van der Waals surface area contributed by atoms with Gasteiger partial charge in [-0.3, -0.25) is 0 Å². The van der Waals surface area contributed by atoms with E-state index in [9.17, 15) is 0 Å². The number of anilines is 2. The number of aromatic nitrogens is 2. The van der Waals surface area contributed by atoms with Crippen molar-refractivity contribution in [3.8, 4) is 5.69 Å². The molecule has 3 aromatic carbocycles. The molecule has 0 spiro atoms.